The third-order valence-corrected chi connectivity index (χ3v) is 3.45. The van der Waals surface area contributed by atoms with E-state index in [0.717, 1.165) is 35.5 Å². The van der Waals surface area contributed by atoms with Crippen molar-refractivity contribution in [1.82, 2.24) is 0 Å². The molecule has 17 heavy (non-hydrogen) atoms. The average molecular weight is 234 g/mol. The summed E-state index contributed by atoms with van der Waals surface area (Å²) in [7, 11) is 2.12. The lowest BCUT2D eigenvalue weighted by atomic mass is 10.2. The quantitative estimate of drug-likeness (QED) is 0.796. The van der Waals surface area contributed by atoms with Gasteiger partial charge in [-0.3, -0.25) is 0 Å². The molecule has 3 heteroatoms. The number of rotatable bonds is 5. The van der Waals surface area contributed by atoms with Gasteiger partial charge in [-0.05, 0) is 31.2 Å². The Morgan fingerprint density at radius 2 is 2.12 bits per heavy atom. The second-order valence-electron chi connectivity index (χ2n) is 5.05. The third-order valence-electron chi connectivity index (χ3n) is 3.45. The summed E-state index contributed by atoms with van der Waals surface area (Å²) in [6.07, 6.45) is 1.35. The number of nitrogen functional groups attached to an aromatic ring is 1. The Morgan fingerprint density at radius 3 is 2.71 bits per heavy atom. The summed E-state index contributed by atoms with van der Waals surface area (Å²) in [5, 5.41) is 0. The van der Waals surface area contributed by atoms with Crippen molar-refractivity contribution in [3.8, 4) is 5.75 Å². The maximum atomic E-state index is 5.89. The van der Waals surface area contributed by atoms with Gasteiger partial charge in [0.25, 0.3) is 0 Å². The van der Waals surface area contributed by atoms with Crippen LogP contribution in [0.25, 0.3) is 0 Å². The van der Waals surface area contributed by atoms with Crippen LogP contribution in [-0.4, -0.2) is 20.2 Å². The first-order valence-electron chi connectivity index (χ1n) is 6.34. The van der Waals surface area contributed by atoms with Crippen molar-refractivity contribution in [2.75, 3.05) is 30.8 Å². The number of benzene rings is 1. The van der Waals surface area contributed by atoms with E-state index in [1.54, 1.807) is 0 Å². The van der Waals surface area contributed by atoms with Crippen LogP contribution in [0, 0.1) is 11.8 Å². The molecule has 1 aliphatic rings. The monoisotopic (exact) mass is 234 g/mol. The fraction of sp³-hybridized carbons (Fsp3) is 0.571. The molecule has 2 rings (SSSR count). The zero-order valence-electron chi connectivity index (χ0n) is 10.9. The lowest BCUT2D eigenvalue weighted by Gasteiger charge is -2.20. The minimum Gasteiger partial charge on any atom is -0.494 e. The van der Waals surface area contributed by atoms with Gasteiger partial charge in [-0.25, -0.2) is 0 Å². The first kappa shape index (κ1) is 12.1. The SMILES string of the molecule is CCOc1cc(N)cc(N(C)CC2CC2C)c1. The molecule has 0 saturated heterocycles. The van der Waals surface area contributed by atoms with Gasteiger partial charge < -0.3 is 15.4 Å². The summed E-state index contributed by atoms with van der Waals surface area (Å²) >= 11 is 0. The van der Waals surface area contributed by atoms with Crippen molar-refractivity contribution in [1.29, 1.82) is 0 Å². The molecule has 94 valence electrons. The minimum atomic E-state index is 0.673. The van der Waals surface area contributed by atoms with Gasteiger partial charge in [0.1, 0.15) is 5.75 Å². The molecule has 0 amide bonds. The summed E-state index contributed by atoms with van der Waals surface area (Å²) in [6.45, 7) is 6.07. The lowest BCUT2D eigenvalue weighted by molar-refractivity contribution is 0.340. The molecule has 0 heterocycles. The Morgan fingerprint density at radius 1 is 1.41 bits per heavy atom. The van der Waals surface area contributed by atoms with Crippen LogP contribution in [-0.2, 0) is 0 Å². The Hall–Kier alpha value is -1.38. The van der Waals surface area contributed by atoms with E-state index < -0.39 is 0 Å². The van der Waals surface area contributed by atoms with E-state index in [9.17, 15) is 0 Å². The largest absolute Gasteiger partial charge is 0.494 e. The van der Waals surface area contributed by atoms with Crippen molar-refractivity contribution < 1.29 is 4.74 Å². The molecule has 2 atom stereocenters. The molecule has 1 aromatic rings. The van der Waals surface area contributed by atoms with Crippen LogP contribution in [0.4, 0.5) is 11.4 Å². The summed E-state index contributed by atoms with van der Waals surface area (Å²) in [4.78, 5) is 2.27. The normalized spacial score (nSPS) is 22.3. The highest BCUT2D eigenvalue weighted by molar-refractivity contribution is 5.60. The Kier molecular flexibility index (Phi) is 3.46. The fourth-order valence-corrected chi connectivity index (χ4v) is 2.19. The number of hydrogen-bond acceptors (Lipinski definition) is 3. The topological polar surface area (TPSA) is 38.5 Å². The van der Waals surface area contributed by atoms with Gasteiger partial charge in [-0.15, -0.1) is 0 Å². The molecule has 0 bridgehead atoms. The van der Waals surface area contributed by atoms with Crippen LogP contribution >= 0.6 is 0 Å². The number of ether oxygens (including phenoxy) is 1. The first-order chi connectivity index (χ1) is 8.10. The zero-order chi connectivity index (χ0) is 12.4. The number of hydrogen-bond donors (Lipinski definition) is 1. The van der Waals surface area contributed by atoms with Crippen LogP contribution in [0.1, 0.15) is 20.3 Å². The van der Waals surface area contributed by atoms with Crippen LogP contribution in [0.3, 0.4) is 0 Å². The zero-order valence-corrected chi connectivity index (χ0v) is 10.9. The molecule has 0 spiro atoms. The summed E-state index contributed by atoms with van der Waals surface area (Å²) in [5.74, 6) is 2.58. The van der Waals surface area contributed by atoms with Gasteiger partial charge in [-0.1, -0.05) is 6.92 Å². The van der Waals surface area contributed by atoms with Crippen molar-refractivity contribution in [3.63, 3.8) is 0 Å². The molecule has 1 aliphatic carbocycles. The predicted octanol–water partition coefficient (Wildman–Crippen LogP) is 2.76. The van der Waals surface area contributed by atoms with Gasteiger partial charge in [-0.2, -0.15) is 0 Å². The first-order valence-corrected chi connectivity index (χ1v) is 6.34. The molecule has 2 unspecified atom stereocenters. The third kappa shape index (κ3) is 3.05. The van der Waals surface area contributed by atoms with Gasteiger partial charge in [0.15, 0.2) is 0 Å². The standard InChI is InChI=1S/C14H22N2O/c1-4-17-14-7-12(15)6-13(8-14)16(3)9-11-5-10(11)2/h6-8,10-11H,4-5,9,15H2,1-3H3. The Bertz CT molecular complexity index is 392. The predicted molar refractivity (Wildman–Crippen MR) is 72.6 cm³/mol. The minimum absolute atomic E-state index is 0.673. The maximum Gasteiger partial charge on any atom is 0.123 e. The molecular formula is C14H22N2O. The van der Waals surface area contributed by atoms with E-state index in [2.05, 4.69) is 24.9 Å². The van der Waals surface area contributed by atoms with Crippen molar-refractivity contribution in [2.45, 2.75) is 20.3 Å². The molecule has 0 aromatic heterocycles. The van der Waals surface area contributed by atoms with Crippen molar-refractivity contribution in [2.24, 2.45) is 11.8 Å². The summed E-state index contributed by atoms with van der Waals surface area (Å²) in [6, 6.07) is 5.95. The molecular weight excluding hydrogens is 212 g/mol. The number of nitrogens with two attached hydrogens (primary N) is 1. The molecule has 3 nitrogen and oxygen atoms in total. The van der Waals surface area contributed by atoms with Crippen LogP contribution in [0.5, 0.6) is 5.75 Å². The van der Waals surface area contributed by atoms with Gasteiger partial charge >= 0.3 is 0 Å². The smallest absolute Gasteiger partial charge is 0.123 e. The fourth-order valence-electron chi connectivity index (χ4n) is 2.19. The molecule has 0 aliphatic heterocycles. The van der Waals surface area contributed by atoms with Crippen molar-refractivity contribution >= 4 is 11.4 Å². The van der Waals surface area contributed by atoms with E-state index in [1.165, 1.54) is 6.42 Å². The van der Waals surface area contributed by atoms with E-state index >= 15 is 0 Å². The second-order valence-corrected chi connectivity index (χ2v) is 5.05. The Labute approximate surface area is 104 Å². The number of nitrogens with zero attached hydrogens (tertiary/aromatic N) is 1. The maximum absolute atomic E-state index is 5.89. The highest BCUT2D eigenvalue weighted by atomic mass is 16.5. The average Bonchev–Trinajstić information content (AvgIpc) is 2.93. The van der Waals surface area contributed by atoms with Gasteiger partial charge in [0.2, 0.25) is 0 Å². The van der Waals surface area contributed by atoms with Gasteiger partial charge in [0, 0.05) is 37.1 Å². The molecule has 0 radical (unpaired) electrons. The summed E-state index contributed by atoms with van der Waals surface area (Å²) < 4.78 is 5.51. The molecule has 1 aromatic carbocycles. The molecule has 1 saturated carbocycles. The van der Waals surface area contributed by atoms with E-state index in [-0.39, 0.29) is 0 Å². The number of anilines is 2. The second kappa shape index (κ2) is 4.86. The van der Waals surface area contributed by atoms with E-state index in [1.807, 2.05) is 19.1 Å². The van der Waals surface area contributed by atoms with Gasteiger partial charge in [0.05, 0.1) is 6.61 Å². The van der Waals surface area contributed by atoms with Crippen LogP contribution in [0.2, 0.25) is 0 Å². The highest BCUT2D eigenvalue weighted by Gasteiger charge is 2.33. The lowest BCUT2D eigenvalue weighted by Crippen LogP contribution is -2.20. The van der Waals surface area contributed by atoms with E-state index in [0.29, 0.717) is 6.61 Å². The highest BCUT2D eigenvalue weighted by Crippen LogP contribution is 2.39. The Balaban J connectivity index is 2.07. The van der Waals surface area contributed by atoms with Crippen LogP contribution < -0.4 is 15.4 Å². The van der Waals surface area contributed by atoms with Crippen molar-refractivity contribution in [3.05, 3.63) is 18.2 Å². The summed E-state index contributed by atoms with van der Waals surface area (Å²) in [5.41, 5.74) is 7.81. The molecule has 2 N–H and O–H groups in total. The molecule has 1 fully saturated rings. The van der Waals surface area contributed by atoms with Crippen LogP contribution in [0.15, 0.2) is 18.2 Å². The van der Waals surface area contributed by atoms with E-state index in [4.69, 9.17) is 10.5 Å².